The third kappa shape index (κ3) is 2.68. The Morgan fingerprint density at radius 1 is 1.62 bits per heavy atom. The number of ether oxygens (including phenoxy) is 1. The van der Waals surface area contributed by atoms with Gasteiger partial charge in [0.1, 0.15) is 5.75 Å². The van der Waals surface area contributed by atoms with Gasteiger partial charge in [-0.05, 0) is 18.6 Å². The van der Waals surface area contributed by atoms with Gasteiger partial charge in [0, 0.05) is 12.6 Å². The number of rotatable bonds is 4. The number of pyridine rings is 1. The number of aliphatic hydroxyl groups excluding tert-OH is 1. The molecular weight excluding hydrogens is 168 g/mol. The molecule has 3 N–H and O–H groups in total. The van der Waals surface area contributed by atoms with Crippen LogP contribution in [0.4, 0.5) is 0 Å². The summed E-state index contributed by atoms with van der Waals surface area (Å²) in [5.41, 5.74) is 6.51. The first-order valence-electron chi connectivity index (χ1n) is 4.14. The Bertz CT molecular complexity index is 248. The van der Waals surface area contributed by atoms with E-state index in [1.165, 1.54) is 0 Å². The van der Waals surface area contributed by atoms with Crippen molar-refractivity contribution in [2.45, 2.75) is 12.5 Å². The van der Waals surface area contributed by atoms with E-state index in [1.54, 1.807) is 25.4 Å². The predicted molar refractivity (Wildman–Crippen MR) is 49.4 cm³/mol. The number of nitrogens with two attached hydrogens (primary N) is 1. The standard InChI is InChI=1S/C9H14N2O2/c1-13-7-2-3-9(11-6-7)8(10)4-5-12/h2-3,6,8,12H,4-5,10H2,1H3. The van der Waals surface area contributed by atoms with Crippen LogP contribution in [-0.2, 0) is 0 Å². The SMILES string of the molecule is COc1ccc(C(N)CCO)nc1. The van der Waals surface area contributed by atoms with Crippen LogP contribution in [0.25, 0.3) is 0 Å². The summed E-state index contributed by atoms with van der Waals surface area (Å²) in [6.45, 7) is 0.0782. The average molecular weight is 182 g/mol. The van der Waals surface area contributed by atoms with Gasteiger partial charge < -0.3 is 15.6 Å². The zero-order valence-corrected chi connectivity index (χ0v) is 7.60. The van der Waals surface area contributed by atoms with E-state index >= 15 is 0 Å². The lowest BCUT2D eigenvalue weighted by Crippen LogP contribution is -2.13. The minimum absolute atomic E-state index is 0.0782. The highest BCUT2D eigenvalue weighted by molar-refractivity contribution is 5.21. The van der Waals surface area contributed by atoms with Gasteiger partial charge in [-0.25, -0.2) is 0 Å². The topological polar surface area (TPSA) is 68.4 Å². The predicted octanol–water partition coefficient (Wildman–Crippen LogP) is 0.472. The molecule has 4 nitrogen and oxygen atoms in total. The normalized spacial score (nSPS) is 12.5. The van der Waals surface area contributed by atoms with E-state index in [0.29, 0.717) is 12.2 Å². The van der Waals surface area contributed by atoms with Crippen molar-refractivity contribution in [1.82, 2.24) is 4.98 Å². The van der Waals surface area contributed by atoms with Gasteiger partial charge in [0.05, 0.1) is 19.0 Å². The number of aromatic nitrogens is 1. The molecule has 0 aliphatic heterocycles. The largest absolute Gasteiger partial charge is 0.495 e. The lowest BCUT2D eigenvalue weighted by atomic mass is 10.1. The molecule has 1 aromatic rings. The molecule has 0 bridgehead atoms. The van der Waals surface area contributed by atoms with Gasteiger partial charge in [-0.2, -0.15) is 0 Å². The number of hydrogen-bond acceptors (Lipinski definition) is 4. The second-order valence-corrected chi connectivity index (χ2v) is 2.74. The van der Waals surface area contributed by atoms with E-state index in [9.17, 15) is 0 Å². The third-order valence-corrected chi connectivity index (χ3v) is 1.81. The summed E-state index contributed by atoms with van der Waals surface area (Å²) in [5, 5.41) is 8.67. The first-order valence-corrected chi connectivity index (χ1v) is 4.14. The van der Waals surface area contributed by atoms with Gasteiger partial charge in [-0.15, -0.1) is 0 Å². The second kappa shape index (κ2) is 4.79. The molecule has 0 aliphatic rings. The minimum atomic E-state index is -0.198. The lowest BCUT2D eigenvalue weighted by Gasteiger charge is -2.09. The van der Waals surface area contributed by atoms with Crippen LogP contribution in [0.3, 0.4) is 0 Å². The van der Waals surface area contributed by atoms with Gasteiger partial charge in [-0.3, -0.25) is 4.98 Å². The fourth-order valence-electron chi connectivity index (χ4n) is 1.02. The summed E-state index contributed by atoms with van der Waals surface area (Å²) in [4.78, 5) is 4.11. The molecule has 1 unspecified atom stereocenters. The molecule has 0 aromatic carbocycles. The molecule has 4 heteroatoms. The van der Waals surface area contributed by atoms with E-state index in [0.717, 1.165) is 5.69 Å². The van der Waals surface area contributed by atoms with Crippen LogP contribution in [-0.4, -0.2) is 23.8 Å². The van der Waals surface area contributed by atoms with Crippen molar-refractivity contribution in [1.29, 1.82) is 0 Å². The van der Waals surface area contributed by atoms with Crippen molar-refractivity contribution in [3.63, 3.8) is 0 Å². The van der Waals surface area contributed by atoms with Crippen molar-refractivity contribution >= 4 is 0 Å². The van der Waals surface area contributed by atoms with Crippen LogP contribution < -0.4 is 10.5 Å². The molecule has 1 rings (SSSR count). The van der Waals surface area contributed by atoms with Crippen LogP contribution in [0.5, 0.6) is 5.75 Å². The highest BCUT2D eigenvalue weighted by Gasteiger charge is 2.05. The smallest absolute Gasteiger partial charge is 0.137 e. The maximum Gasteiger partial charge on any atom is 0.137 e. The van der Waals surface area contributed by atoms with E-state index in [2.05, 4.69) is 4.98 Å². The van der Waals surface area contributed by atoms with Gasteiger partial charge in [0.15, 0.2) is 0 Å². The van der Waals surface area contributed by atoms with E-state index in [1.807, 2.05) is 0 Å². The average Bonchev–Trinajstić information content (AvgIpc) is 2.18. The zero-order chi connectivity index (χ0) is 9.68. The van der Waals surface area contributed by atoms with E-state index < -0.39 is 0 Å². The minimum Gasteiger partial charge on any atom is -0.495 e. The first kappa shape index (κ1) is 9.95. The van der Waals surface area contributed by atoms with Gasteiger partial charge in [0.2, 0.25) is 0 Å². The monoisotopic (exact) mass is 182 g/mol. The Morgan fingerprint density at radius 3 is 2.85 bits per heavy atom. The van der Waals surface area contributed by atoms with Crippen molar-refractivity contribution in [3.05, 3.63) is 24.0 Å². The molecule has 0 spiro atoms. The molecule has 0 saturated heterocycles. The maximum absolute atomic E-state index is 8.67. The Hall–Kier alpha value is -1.13. The summed E-state index contributed by atoms with van der Waals surface area (Å²) in [7, 11) is 1.59. The number of aliphatic hydroxyl groups is 1. The molecular formula is C9H14N2O2. The highest BCUT2D eigenvalue weighted by atomic mass is 16.5. The fraction of sp³-hybridized carbons (Fsp3) is 0.444. The first-order chi connectivity index (χ1) is 6.27. The summed E-state index contributed by atoms with van der Waals surface area (Å²) < 4.78 is 4.96. The van der Waals surface area contributed by atoms with Crippen molar-refractivity contribution < 1.29 is 9.84 Å². The molecule has 0 amide bonds. The zero-order valence-electron chi connectivity index (χ0n) is 7.60. The second-order valence-electron chi connectivity index (χ2n) is 2.74. The Labute approximate surface area is 77.4 Å². The quantitative estimate of drug-likeness (QED) is 0.710. The maximum atomic E-state index is 8.67. The van der Waals surface area contributed by atoms with Crippen molar-refractivity contribution in [2.24, 2.45) is 5.73 Å². The van der Waals surface area contributed by atoms with Gasteiger partial charge in [-0.1, -0.05) is 0 Å². The molecule has 0 radical (unpaired) electrons. The molecule has 1 heterocycles. The summed E-state index contributed by atoms with van der Waals surface area (Å²) in [6.07, 6.45) is 2.14. The summed E-state index contributed by atoms with van der Waals surface area (Å²) in [5.74, 6) is 0.708. The molecule has 72 valence electrons. The van der Waals surface area contributed by atoms with Crippen LogP contribution in [0.15, 0.2) is 18.3 Å². The molecule has 0 saturated carbocycles. The van der Waals surface area contributed by atoms with E-state index in [4.69, 9.17) is 15.6 Å². The molecule has 0 fully saturated rings. The number of hydrogen-bond donors (Lipinski definition) is 2. The summed E-state index contributed by atoms with van der Waals surface area (Å²) in [6, 6.07) is 3.41. The fourth-order valence-corrected chi connectivity index (χ4v) is 1.02. The summed E-state index contributed by atoms with van der Waals surface area (Å²) >= 11 is 0. The van der Waals surface area contributed by atoms with Crippen LogP contribution in [0.2, 0.25) is 0 Å². The van der Waals surface area contributed by atoms with Crippen LogP contribution in [0, 0.1) is 0 Å². The molecule has 0 aliphatic carbocycles. The third-order valence-electron chi connectivity index (χ3n) is 1.81. The molecule has 13 heavy (non-hydrogen) atoms. The Morgan fingerprint density at radius 2 is 2.38 bits per heavy atom. The number of nitrogens with zero attached hydrogens (tertiary/aromatic N) is 1. The number of methoxy groups -OCH3 is 1. The van der Waals surface area contributed by atoms with Crippen molar-refractivity contribution in [3.8, 4) is 5.75 Å². The van der Waals surface area contributed by atoms with Gasteiger partial charge in [0.25, 0.3) is 0 Å². The molecule has 1 atom stereocenters. The molecule has 1 aromatic heterocycles. The van der Waals surface area contributed by atoms with Crippen molar-refractivity contribution in [2.75, 3.05) is 13.7 Å². The van der Waals surface area contributed by atoms with Gasteiger partial charge >= 0.3 is 0 Å². The highest BCUT2D eigenvalue weighted by Crippen LogP contribution is 2.14. The lowest BCUT2D eigenvalue weighted by molar-refractivity contribution is 0.275. The van der Waals surface area contributed by atoms with E-state index in [-0.39, 0.29) is 12.6 Å². The van der Waals surface area contributed by atoms with Crippen LogP contribution >= 0.6 is 0 Å². The Kier molecular flexibility index (Phi) is 3.67. The van der Waals surface area contributed by atoms with Crippen LogP contribution in [0.1, 0.15) is 18.2 Å². The Balaban J connectivity index is 2.67.